The number of aliphatic hydroxyl groups is 1. The molecule has 0 aliphatic heterocycles. The lowest BCUT2D eigenvalue weighted by Crippen LogP contribution is -2.36. The van der Waals surface area contributed by atoms with E-state index in [4.69, 9.17) is 9.84 Å². The van der Waals surface area contributed by atoms with E-state index in [1.807, 2.05) is 25.6 Å². The van der Waals surface area contributed by atoms with Crippen LogP contribution in [-0.2, 0) is 18.3 Å². The Labute approximate surface area is 96.4 Å². The van der Waals surface area contributed by atoms with Crippen molar-refractivity contribution in [2.24, 2.45) is 7.05 Å². The standard InChI is InChI=1S/C11H21N3O2/c1-8-11(9(2)14(3)13-8)5-12-10(6-15)7-16-4/h10,12,15H,5-7H2,1-4H3. The lowest BCUT2D eigenvalue weighted by molar-refractivity contribution is 0.128. The van der Waals surface area contributed by atoms with E-state index in [-0.39, 0.29) is 12.6 Å². The van der Waals surface area contributed by atoms with Crippen molar-refractivity contribution in [3.63, 3.8) is 0 Å². The molecule has 0 saturated carbocycles. The van der Waals surface area contributed by atoms with Gasteiger partial charge in [0, 0.05) is 32.0 Å². The minimum atomic E-state index is -0.0241. The third kappa shape index (κ3) is 3.04. The van der Waals surface area contributed by atoms with Crippen molar-refractivity contribution < 1.29 is 9.84 Å². The van der Waals surface area contributed by atoms with Crippen molar-refractivity contribution in [1.29, 1.82) is 0 Å². The molecule has 1 unspecified atom stereocenters. The molecule has 0 radical (unpaired) electrons. The van der Waals surface area contributed by atoms with Gasteiger partial charge in [-0.1, -0.05) is 0 Å². The van der Waals surface area contributed by atoms with Gasteiger partial charge in [0.15, 0.2) is 0 Å². The molecule has 0 aromatic carbocycles. The molecule has 0 aliphatic rings. The van der Waals surface area contributed by atoms with Crippen molar-refractivity contribution in [2.75, 3.05) is 20.3 Å². The summed E-state index contributed by atoms with van der Waals surface area (Å²) < 4.78 is 6.88. The Morgan fingerprint density at radius 1 is 1.50 bits per heavy atom. The van der Waals surface area contributed by atoms with Crippen LogP contribution in [-0.4, -0.2) is 41.3 Å². The Bertz CT molecular complexity index is 336. The van der Waals surface area contributed by atoms with E-state index in [0.717, 1.165) is 11.4 Å². The number of methoxy groups -OCH3 is 1. The molecule has 0 bridgehead atoms. The average Bonchev–Trinajstić information content (AvgIpc) is 2.49. The van der Waals surface area contributed by atoms with Crippen LogP contribution in [0.25, 0.3) is 0 Å². The second-order valence-electron chi connectivity index (χ2n) is 3.99. The third-order valence-electron chi connectivity index (χ3n) is 2.81. The molecule has 2 N–H and O–H groups in total. The highest BCUT2D eigenvalue weighted by Gasteiger charge is 2.11. The number of nitrogens with one attached hydrogen (secondary N) is 1. The molecule has 1 aromatic heterocycles. The van der Waals surface area contributed by atoms with Gasteiger partial charge in [0.25, 0.3) is 0 Å². The average molecular weight is 227 g/mol. The van der Waals surface area contributed by atoms with Gasteiger partial charge in [-0.15, -0.1) is 0 Å². The Hall–Kier alpha value is -0.910. The molecular weight excluding hydrogens is 206 g/mol. The van der Waals surface area contributed by atoms with Gasteiger partial charge in [0.05, 0.1) is 24.9 Å². The number of hydrogen-bond acceptors (Lipinski definition) is 4. The summed E-state index contributed by atoms with van der Waals surface area (Å²) in [4.78, 5) is 0. The fourth-order valence-electron chi connectivity index (χ4n) is 1.70. The highest BCUT2D eigenvalue weighted by Crippen LogP contribution is 2.11. The van der Waals surface area contributed by atoms with Crippen LogP contribution in [0, 0.1) is 13.8 Å². The molecule has 1 rings (SSSR count). The summed E-state index contributed by atoms with van der Waals surface area (Å²) in [5, 5.41) is 16.7. The zero-order chi connectivity index (χ0) is 12.1. The molecule has 0 fully saturated rings. The van der Waals surface area contributed by atoms with E-state index in [9.17, 15) is 0 Å². The van der Waals surface area contributed by atoms with Crippen molar-refractivity contribution in [2.45, 2.75) is 26.4 Å². The summed E-state index contributed by atoms with van der Waals surface area (Å²) in [6.45, 7) is 5.33. The second kappa shape index (κ2) is 5.98. The molecule has 0 amide bonds. The Morgan fingerprint density at radius 3 is 2.62 bits per heavy atom. The van der Waals surface area contributed by atoms with E-state index in [1.54, 1.807) is 7.11 Å². The molecular formula is C11H21N3O2. The van der Waals surface area contributed by atoms with Crippen LogP contribution >= 0.6 is 0 Å². The third-order valence-corrected chi connectivity index (χ3v) is 2.81. The monoisotopic (exact) mass is 227 g/mol. The maximum atomic E-state index is 9.12. The topological polar surface area (TPSA) is 59.3 Å². The normalized spacial score (nSPS) is 13.1. The van der Waals surface area contributed by atoms with Crippen molar-refractivity contribution in [3.8, 4) is 0 Å². The maximum absolute atomic E-state index is 9.12. The molecule has 5 heteroatoms. The SMILES string of the molecule is COCC(CO)NCc1c(C)nn(C)c1C. The van der Waals surface area contributed by atoms with E-state index < -0.39 is 0 Å². The van der Waals surface area contributed by atoms with E-state index >= 15 is 0 Å². The van der Waals surface area contributed by atoms with Crippen LogP contribution in [0.2, 0.25) is 0 Å². The van der Waals surface area contributed by atoms with E-state index in [1.165, 1.54) is 5.56 Å². The fourth-order valence-corrected chi connectivity index (χ4v) is 1.70. The van der Waals surface area contributed by atoms with Gasteiger partial charge >= 0.3 is 0 Å². The summed E-state index contributed by atoms with van der Waals surface area (Å²) in [5.74, 6) is 0. The van der Waals surface area contributed by atoms with Crippen molar-refractivity contribution in [1.82, 2.24) is 15.1 Å². The zero-order valence-corrected chi connectivity index (χ0v) is 10.4. The molecule has 1 atom stereocenters. The number of aromatic nitrogens is 2. The Balaban J connectivity index is 2.59. The van der Waals surface area contributed by atoms with Gasteiger partial charge in [-0.2, -0.15) is 5.10 Å². The molecule has 1 heterocycles. The van der Waals surface area contributed by atoms with Crippen LogP contribution < -0.4 is 5.32 Å². The lowest BCUT2D eigenvalue weighted by atomic mass is 10.2. The molecule has 16 heavy (non-hydrogen) atoms. The number of rotatable bonds is 6. The molecule has 0 aliphatic carbocycles. The molecule has 92 valence electrons. The lowest BCUT2D eigenvalue weighted by Gasteiger charge is -2.15. The summed E-state index contributed by atoms with van der Waals surface area (Å²) in [6, 6.07) is -0.0241. The predicted octanol–water partition coefficient (Wildman–Crippen LogP) is 0.134. The molecule has 5 nitrogen and oxygen atoms in total. The Kier molecular flexibility index (Phi) is 4.92. The number of ether oxygens (including phenoxy) is 1. The molecule has 0 spiro atoms. The Morgan fingerprint density at radius 2 is 2.19 bits per heavy atom. The first-order valence-corrected chi connectivity index (χ1v) is 5.42. The number of aliphatic hydroxyl groups excluding tert-OH is 1. The first kappa shape index (κ1) is 13.2. The highest BCUT2D eigenvalue weighted by atomic mass is 16.5. The summed E-state index contributed by atoms with van der Waals surface area (Å²) in [7, 11) is 3.56. The maximum Gasteiger partial charge on any atom is 0.0641 e. The zero-order valence-electron chi connectivity index (χ0n) is 10.4. The first-order valence-electron chi connectivity index (χ1n) is 5.42. The van der Waals surface area contributed by atoms with E-state index in [2.05, 4.69) is 10.4 Å². The van der Waals surface area contributed by atoms with Gasteiger partial charge < -0.3 is 15.2 Å². The summed E-state index contributed by atoms with van der Waals surface area (Å²) in [5.41, 5.74) is 3.37. The van der Waals surface area contributed by atoms with Crippen molar-refractivity contribution in [3.05, 3.63) is 17.0 Å². The van der Waals surface area contributed by atoms with Crippen LogP contribution in [0.5, 0.6) is 0 Å². The smallest absolute Gasteiger partial charge is 0.0641 e. The van der Waals surface area contributed by atoms with Gasteiger partial charge in [-0.05, 0) is 13.8 Å². The van der Waals surface area contributed by atoms with Gasteiger partial charge in [0.2, 0.25) is 0 Å². The fraction of sp³-hybridized carbons (Fsp3) is 0.727. The quantitative estimate of drug-likeness (QED) is 0.725. The summed E-state index contributed by atoms with van der Waals surface area (Å²) >= 11 is 0. The highest BCUT2D eigenvalue weighted by molar-refractivity contribution is 5.24. The van der Waals surface area contributed by atoms with Gasteiger partial charge in [-0.25, -0.2) is 0 Å². The van der Waals surface area contributed by atoms with Gasteiger partial charge in [0.1, 0.15) is 0 Å². The largest absolute Gasteiger partial charge is 0.395 e. The number of hydrogen-bond donors (Lipinski definition) is 2. The van der Waals surface area contributed by atoms with Crippen LogP contribution in [0.3, 0.4) is 0 Å². The number of nitrogens with zero attached hydrogens (tertiary/aromatic N) is 2. The van der Waals surface area contributed by atoms with Crippen LogP contribution in [0.1, 0.15) is 17.0 Å². The van der Waals surface area contributed by atoms with Crippen molar-refractivity contribution >= 4 is 0 Å². The molecule has 1 aromatic rings. The van der Waals surface area contributed by atoms with Crippen LogP contribution in [0.4, 0.5) is 0 Å². The molecule has 0 saturated heterocycles. The van der Waals surface area contributed by atoms with E-state index in [0.29, 0.717) is 13.2 Å². The minimum Gasteiger partial charge on any atom is -0.395 e. The minimum absolute atomic E-state index is 0.0241. The number of aryl methyl sites for hydroxylation is 2. The second-order valence-corrected chi connectivity index (χ2v) is 3.99. The van der Waals surface area contributed by atoms with Gasteiger partial charge in [-0.3, -0.25) is 4.68 Å². The van der Waals surface area contributed by atoms with Crippen LogP contribution in [0.15, 0.2) is 0 Å². The first-order chi connectivity index (χ1) is 7.60. The predicted molar refractivity (Wildman–Crippen MR) is 62.3 cm³/mol. The summed E-state index contributed by atoms with van der Waals surface area (Å²) in [6.07, 6.45) is 0.